The molecule has 0 amide bonds. The third-order valence-corrected chi connectivity index (χ3v) is 2.76. The lowest BCUT2D eigenvalue weighted by atomic mass is 10.1. The lowest BCUT2D eigenvalue weighted by Gasteiger charge is -2.01. The van der Waals surface area contributed by atoms with Crippen LogP contribution in [-0.2, 0) is 7.05 Å². The Bertz CT molecular complexity index is 685. The smallest absolute Gasteiger partial charge is 0.159 e. The summed E-state index contributed by atoms with van der Waals surface area (Å²) in [4.78, 5) is 13.1. The Morgan fingerprint density at radius 1 is 1.12 bits per heavy atom. The summed E-state index contributed by atoms with van der Waals surface area (Å²) in [6.45, 7) is 2.05. The molecule has 0 N–H and O–H groups in total. The first-order valence-corrected chi connectivity index (χ1v) is 5.44. The maximum atomic E-state index is 4.41. The van der Waals surface area contributed by atoms with Crippen molar-refractivity contribution in [3.63, 3.8) is 0 Å². The van der Waals surface area contributed by atoms with Gasteiger partial charge in [-0.15, -0.1) is 0 Å². The van der Waals surface area contributed by atoms with Gasteiger partial charge < -0.3 is 4.57 Å². The molecule has 3 aromatic rings. The largest absolute Gasteiger partial charge is 0.318 e. The second-order valence-electron chi connectivity index (χ2n) is 4.14. The summed E-state index contributed by atoms with van der Waals surface area (Å²) in [5, 5.41) is 0. The fourth-order valence-electron chi connectivity index (χ4n) is 1.85. The van der Waals surface area contributed by atoms with Crippen molar-refractivity contribution in [3.8, 4) is 11.3 Å². The molecule has 0 bridgehead atoms. The van der Waals surface area contributed by atoms with E-state index in [-0.39, 0.29) is 0 Å². The van der Waals surface area contributed by atoms with E-state index in [2.05, 4.69) is 21.9 Å². The number of imidazole rings is 1. The maximum Gasteiger partial charge on any atom is 0.159 e. The van der Waals surface area contributed by atoms with Gasteiger partial charge in [-0.3, -0.25) is 4.98 Å². The van der Waals surface area contributed by atoms with Gasteiger partial charge in [0.2, 0.25) is 0 Å². The molecule has 0 aliphatic rings. The summed E-state index contributed by atoms with van der Waals surface area (Å²) in [5.41, 5.74) is 4.91. The van der Waals surface area contributed by atoms with Gasteiger partial charge in [-0.1, -0.05) is 0 Å². The van der Waals surface area contributed by atoms with Gasteiger partial charge in [0.1, 0.15) is 5.52 Å². The van der Waals surface area contributed by atoms with Gasteiger partial charge in [-0.05, 0) is 30.7 Å². The second-order valence-corrected chi connectivity index (χ2v) is 4.14. The normalized spacial score (nSPS) is 10.9. The molecule has 17 heavy (non-hydrogen) atoms. The van der Waals surface area contributed by atoms with E-state index in [1.165, 1.54) is 5.56 Å². The van der Waals surface area contributed by atoms with Crippen molar-refractivity contribution in [1.82, 2.24) is 19.5 Å². The fraction of sp³-hybridized carbons (Fsp3) is 0.154. The second kappa shape index (κ2) is 3.66. The van der Waals surface area contributed by atoms with Gasteiger partial charge in [-0.25, -0.2) is 9.97 Å². The zero-order chi connectivity index (χ0) is 11.8. The van der Waals surface area contributed by atoms with Crippen LogP contribution in [0.25, 0.3) is 22.4 Å². The van der Waals surface area contributed by atoms with Gasteiger partial charge in [-0.2, -0.15) is 0 Å². The van der Waals surface area contributed by atoms with Crippen LogP contribution >= 0.6 is 0 Å². The van der Waals surface area contributed by atoms with Crippen molar-refractivity contribution >= 4 is 11.2 Å². The van der Waals surface area contributed by atoms with Crippen molar-refractivity contribution in [2.45, 2.75) is 6.92 Å². The number of nitrogens with zero attached hydrogens (tertiary/aromatic N) is 4. The van der Waals surface area contributed by atoms with Crippen LogP contribution in [-0.4, -0.2) is 19.5 Å². The van der Waals surface area contributed by atoms with E-state index in [4.69, 9.17) is 0 Å². The number of rotatable bonds is 1. The highest BCUT2D eigenvalue weighted by atomic mass is 15.1. The topological polar surface area (TPSA) is 43.6 Å². The van der Waals surface area contributed by atoms with Crippen LogP contribution in [0.15, 0.2) is 36.9 Å². The zero-order valence-corrected chi connectivity index (χ0v) is 9.75. The van der Waals surface area contributed by atoms with Crippen molar-refractivity contribution in [2.75, 3.05) is 0 Å². The van der Waals surface area contributed by atoms with Crippen LogP contribution < -0.4 is 0 Å². The SMILES string of the molecule is Cc1ccnc(-c2cnc3c(c2)ncn3C)c1. The summed E-state index contributed by atoms with van der Waals surface area (Å²) < 4.78 is 1.91. The average Bonchev–Trinajstić information content (AvgIpc) is 2.71. The molecule has 0 aliphatic heterocycles. The van der Waals surface area contributed by atoms with Crippen LogP contribution in [0.1, 0.15) is 5.56 Å². The van der Waals surface area contributed by atoms with Crippen molar-refractivity contribution in [3.05, 3.63) is 42.5 Å². The van der Waals surface area contributed by atoms with E-state index in [1.54, 1.807) is 6.33 Å². The quantitative estimate of drug-likeness (QED) is 0.637. The third-order valence-electron chi connectivity index (χ3n) is 2.76. The third kappa shape index (κ3) is 1.67. The molecule has 3 aromatic heterocycles. The first kappa shape index (κ1) is 9.96. The lowest BCUT2D eigenvalue weighted by molar-refractivity contribution is 0.931. The number of hydrogen-bond donors (Lipinski definition) is 0. The van der Waals surface area contributed by atoms with Crippen molar-refractivity contribution in [1.29, 1.82) is 0 Å². The van der Waals surface area contributed by atoms with Gasteiger partial charge in [0.15, 0.2) is 5.65 Å². The van der Waals surface area contributed by atoms with Crippen LogP contribution in [0.2, 0.25) is 0 Å². The molecule has 4 heteroatoms. The predicted octanol–water partition coefficient (Wildman–Crippen LogP) is 2.34. The minimum Gasteiger partial charge on any atom is -0.318 e. The molecular formula is C13H12N4. The molecule has 4 nitrogen and oxygen atoms in total. The van der Waals surface area contributed by atoms with Gasteiger partial charge in [0.25, 0.3) is 0 Å². The van der Waals surface area contributed by atoms with E-state index < -0.39 is 0 Å². The molecule has 0 atom stereocenters. The number of aromatic nitrogens is 4. The first-order valence-electron chi connectivity index (χ1n) is 5.44. The molecule has 3 heterocycles. The van der Waals surface area contributed by atoms with E-state index in [0.717, 1.165) is 22.4 Å². The summed E-state index contributed by atoms with van der Waals surface area (Å²) >= 11 is 0. The van der Waals surface area contributed by atoms with Crippen LogP contribution in [0.4, 0.5) is 0 Å². The number of fused-ring (bicyclic) bond motifs is 1. The highest BCUT2D eigenvalue weighted by molar-refractivity contribution is 5.77. The minimum absolute atomic E-state index is 0.890. The summed E-state index contributed by atoms with van der Waals surface area (Å²) in [7, 11) is 1.94. The van der Waals surface area contributed by atoms with E-state index in [0.29, 0.717) is 0 Å². The fourth-order valence-corrected chi connectivity index (χ4v) is 1.85. The Kier molecular flexibility index (Phi) is 2.14. The maximum absolute atomic E-state index is 4.41. The molecule has 0 fully saturated rings. The molecular weight excluding hydrogens is 212 g/mol. The van der Waals surface area contributed by atoms with E-state index >= 15 is 0 Å². The molecule has 3 rings (SSSR count). The Labute approximate surface area is 99.0 Å². The molecule has 0 spiro atoms. The minimum atomic E-state index is 0.890. The molecule has 0 radical (unpaired) electrons. The standard InChI is InChI=1S/C13H12N4/c1-9-3-4-14-11(5-9)10-6-12-13(15-7-10)17(2)8-16-12/h3-8H,1-2H3. The molecule has 0 saturated heterocycles. The van der Waals surface area contributed by atoms with Crippen molar-refractivity contribution in [2.24, 2.45) is 7.05 Å². The Morgan fingerprint density at radius 3 is 2.82 bits per heavy atom. The highest BCUT2D eigenvalue weighted by Crippen LogP contribution is 2.20. The van der Waals surface area contributed by atoms with Gasteiger partial charge in [0.05, 0.1) is 12.0 Å². The monoisotopic (exact) mass is 224 g/mol. The van der Waals surface area contributed by atoms with Crippen molar-refractivity contribution < 1.29 is 0 Å². The van der Waals surface area contributed by atoms with Crippen LogP contribution in [0.3, 0.4) is 0 Å². The number of pyridine rings is 2. The molecule has 84 valence electrons. The highest BCUT2D eigenvalue weighted by Gasteiger charge is 2.05. The van der Waals surface area contributed by atoms with Gasteiger partial charge >= 0.3 is 0 Å². The zero-order valence-electron chi connectivity index (χ0n) is 9.75. The predicted molar refractivity (Wildman–Crippen MR) is 66.5 cm³/mol. The summed E-state index contributed by atoms with van der Waals surface area (Å²) in [6.07, 6.45) is 5.42. The molecule has 0 aliphatic carbocycles. The average molecular weight is 224 g/mol. The summed E-state index contributed by atoms with van der Waals surface area (Å²) in [5.74, 6) is 0. The van der Waals surface area contributed by atoms with Crippen LogP contribution in [0.5, 0.6) is 0 Å². The number of aryl methyl sites for hydroxylation is 2. The van der Waals surface area contributed by atoms with Crippen LogP contribution in [0, 0.1) is 6.92 Å². The Hall–Kier alpha value is -2.23. The lowest BCUT2D eigenvalue weighted by Crippen LogP contribution is -1.89. The summed E-state index contributed by atoms with van der Waals surface area (Å²) in [6, 6.07) is 6.05. The molecule has 0 aromatic carbocycles. The first-order chi connectivity index (χ1) is 8.24. The van der Waals surface area contributed by atoms with E-state index in [1.807, 2.05) is 42.2 Å². The Morgan fingerprint density at radius 2 is 2.00 bits per heavy atom. The Balaban J connectivity index is 2.18. The van der Waals surface area contributed by atoms with E-state index in [9.17, 15) is 0 Å². The number of hydrogen-bond acceptors (Lipinski definition) is 3. The van der Waals surface area contributed by atoms with Gasteiger partial charge in [0, 0.05) is 25.0 Å². The molecule has 0 unspecified atom stereocenters. The molecule has 0 saturated carbocycles.